The zero-order valence-electron chi connectivity index (χ0n) is 15.5. The van der Waals surface area contributed by atoms with Crippen molar-refractivity contribution >= 4 is 17.6 Å². The number of nitrogens with one attached hydrogen (secondary N) is 1. The lowest BCUT2D eigenvalue weighted by Crippen LogP contribution is -2.14. The van der Waals surface area contributed by atoms with Crippen LogP contribution in [0.3, 0.4) is 0 Å². The van der Waals surface area contributed by atoms with Gasteiger partial charge >= 0.3 is 0 Å². The minimum atomic E-state index is -0.0418. The number of nitrogens with zero attached hydrogens (tertiary/aromatic N) is 1. The van der Waals surface area contributed by atoms with Gasteiger partial charge in [-0.15, -0.1) is 0 Å². The van der Waals surface area contributed by atoms with Crippen molar-refractivity contribution in [1.82, 2.24) is 0 Å². The van der Waals surface area contributed by atoms with Gasteiger partial charge < -0.3 is 20.5 Å². The quantitative estimate of drug-likeness (QED) is 0.751. The summed E-state index contributed by atoms with van der Waals surface area (Å²) in [5.41, 5.74) is 8.46. The first kappa shape index (κ1) is 18.8. The Morgan fingerprint density at radius 2 is 1.89 bits per heavy atom. The Morgan fingerprint density at radius 1 is 1.19 bits per heavy atom. The molecule has 2 aromatic carbocycles. The van der Waals surface area contributed by atoms with Crippen LogP contribution in [0.15, 0.2) is 53.5 Å². The second-order valence-corrected chi connectivity index (χ2v) is 6.47. The van der Waals surface area contributed by atoms with E-state index in [2.05, 4.69) is 10.3 Å². The molecule has 0 saturated heterocycles. The highest BCUT2D eigenvalue weighted by molar-refractivity contribution is 5.92. The van der Waals surface area contributed by atoms with Crippen molar-refractivity contribution in [3.05, 3.63) is 59.7 Å². The summed E-state index contributed by atoms with van der Waals surface area (Å²) in [6, 6.07) is 15.9. The number of carbonyl (C=O) groups is 1. The van der Waals surface area contributed by atoms with E-state index in [1.165, 1.54) is 5.56 Å². The average Bonchev–Trinajstić information content (AvgIpc) is 3.08. The molecule has 1 unspecified atom stereocenters. The van der Waals surface area contributed by atoms with Crippen molar-refractivity contribution < 1.29 is 14.3 Å². The molecule has 6 nitrogen and oxygen atoms in total. The molecule has 0 aliphatic carbocycles. The summed E-state index contributed by atoms with van der Waals surface area (Å²) in [5.74, 6) is 0.773. The van der Waals surface area contributed by atoms with Crippen LogP contribution in [-0.2, 0) is 22.4 Å². The fraction of sp³-hybridized carbons (Fsp3) is 0.333. The maximum atomic E-state index is 12.2. The van der Waals surface area contributed by atoms with E-state index in [9.17, 15) is 4.79 Å². The number of hydrogen-bond donors (Lipinski definition) is 2. The lowest BCUT2D eigenvalue weighted by atomic mass is 10.1. The van der Waals surface area contributed by atoms with Gasteiger partial charge in [-0.1, -0.05) is 24.3 Å². The number of nitrogens with two attached hydrogens (primary N) is 1. The van der Waals surface area contributed by atoms with Crippen LogP contribution in [0.25, 0.3) is 0 Å². The SMILES string of the molecule is CCOc1ccc(CC(=O)Nc2ccc(CCC3COC(N)=N3)cc2)cc1. The van der Waals surface area contributed by atoms with Gasteiger partial charge in [0.25, 0.3) is 6.02 Å². The largest absolute Gasteiger partial charge is 0.494 e. The van der Waals surface area contributed by atoms with Crippen molar-refractivity contribution in [2.24, 2.45) is 10.7 Å². The Morgan fingerprint density at radius 3 is 2.52 bits per heavy atom. The second-order valence-electron chi connectivity index (χ2n) is 6.47. The summed E-state index contributed by atoms with van der Waals surface area (Å²) < 4.78 is 10.6. The highest BCUT2D eigenvalue weighted by Crippen LogP contribution is 2.16. The highest BCUT2D eigenvalue weighted by Gasteiger charge is 2.16. The third-order valence-corrected chi connectivity index (χ3v) is 4.34. The number of hydrogen-bond acceptors (Lipinski definition) is 5. The summed E-state index contributed by atoms with van der Waals surface area (Å²) >= 11 is 0. The third-order valence-electron chi connectivity index (χ3n) is 4.34. The molecule has 1 aliphatic heterocycles. The summed E-state index contributed by atoms with van der Waals surface area (Å²) in [5, 5.41) is 2.93. The lowest BCUT2D eigenvalue weighted by Gasteiger charge is -2.08. The molecule has 0 radical (unpaired) electrons. The molecule has 1 amide bonds. The number of amides is 1. The van der Waals surface area contributed by atoms with E-state index < -0.39 is 0 Å². The predicted octanol–water partition coefficient (Wildman–Crippen LogP) is 2.91. The van der Waals surface area contributed by atoms with E-state index in [1.807, 2.05) is 55.5 Å². The molecule has 0 saturated carbocycles. The fourth-order valence-electron chi connectivity index (χ4n) is 2.93. The van der Waals surface area contributed by atoms with Gasteiger partial charge in [-0.3, -0.25) is 4.79 Å². The Kier molecular flexibility index (Phi) is 6.30. The molecule has 27 heavy (non-hydrogen) atoms. The van der Waals surface area contributed by atoms with Crippen LogP contribution in [-0.4, -0.2) is 31.2 Å². The van der Waals surface area contributed by atoms with Crippen molar-refractivity contribution in [2.75, 3.05) is 18.5 Å². The number of rotatable bonds is 8. The minimum absolute atomic E-state index is 0.0418. The van der Waals surface area contributed by atoms with Gasteiger partial charge in [-0.05, 0) is 55.2 Å². The maximum absolute atomic E-state index is 12.2. The zero-order valence-corrected chi connectivity index (χ0v) is 15.5. The molecule has 3 N–H and O–H groups in total. The van der Waals surface area contributed by atoms with Crippen LogP contribution in [0.1, 0.15) is 24.5 Å². The standard InChI is InChI=1S/C21H25N3O3/c1-2-26-19-11-6-16(7-12-19)13-20(25)23-17-8-3-15(4-9-17)5-10-18-14-27-21(22)24-18/h3-4,6-9,11-12,18H,2,5,10,13-14H2,1H3,(H2,22,24)(H,23,25). The number of benzene rings is 2. The Bertz CT molecular complexity index is 785. The Balaban J connectivity index is 1.46. The molecular formula is C21H25N3O3. The fourth-order valence-corrected chi connectivity index (χ4v) is 2.93. The molecule has 0 fully saturated rings. The van der Waals surface area contributed by atoms with E-state index in [1.54, 1.807) is 0 Å². The molecule has 0 spiro atoms. The van der Waals surface area contributed by atoms with E-state index >= 15 is 0 Å². The molecule has 0 aromatic heterocycles. The van der Waals surface area contributed by atoms with Crippen LogP contribution in [0, 0.1) is 0 Å². The van der Waals surface area contributed by atoms with Crippen LogP contribution >= 0.6 is 0 Å². The first-order valence-corrected chi connectivity index (χ1v) is 9.19. The topological polar surface area (TPSA) is 85.9 Å². The van der Waals surface area contributed by atoms with E-state index in [-0.39, 0.29) is 18.0 Å². The predicted molar refractivity (Wildman–Crippen MR) is 106 cm³/mol. The number of aryl methyl sites for hydroxylation is 1. The van der Waals surface area contributed by atoms with Gasteiger partial charge in [0.15, 0.2) is 0 Å². The van der Waals surface area contributed by atoms with E-state index in [0.717, 1.165) is 29.8 Å². The zero-order chi connectivity index (χ0) is 19.1. The normalized spacial score (nSPS) is 15.7. The van der Waals surface area contributed by atoms with Gasteiger partial charge in [-0.2, -0.15) is 0 Å². The Labute approximate surface area is 159 Å². The molecule has 2 aromatic rings. The smallest absolute Gasteiger partial charge is 0.282 e. The number of anilines is 1. The highest BCUT2D eigenvalue weighted by atomic mass is 16.5. The van der Waals surface area contributed by atoms with Gasteiger partial charge in [0.2, 0.25) is 5.91 Å². The van der Waals surface area contributed by atoms with Crippen molar-refractivity contribution in [1.29, 1.82) is 0 Å². The minimum Gasteiger partial charge on any atom is -0.494 e. The van der Waals surface area contributed by atoms with Crippen molar-refractivity contribution in [3.8, 4) is 5.75 Å². The number of amidine groups is 1. The molecule has 1 heterocycles. The molecule has 6 heteroatoms. The molecule has 1 aliphatic rings. The third kappa shape index (κ3) is 5.74. The van der Waals surface area contributed by atoms with Crippen molar-refractivity contribution in [3.63, 3.8) is 0 Å². The summed E-state index contributed by atoms with van der Waals surface area (Å²) in [6.45, 7) is 3.14. The van der Waals surface area contributed by atoms with Gasteiger partial charge in [0.1, 0.15) is 12.4 Å². The maximum Gasteiger partial charge on any atom is 0.282 e. The first-order valence-electron chi connectivity index (χ1n) is 9.19. The summed E-state index contributed by atoms with van der Waals surface area (Å²) in [4.78, 5) is 16.4. The van der Waals surface area contributed by atoms with Gasteiger partial charge in [0, 0.05) is 5.69 Å². The lowest BCUT2D eigenvalue weighted by molar-refractivity contribution is -0.115. The summed E-state index contributed by atoms with van der Waals surface area (Å²) in [6.07, 6.45) is 2.12. The molecule has 1 atom stereocenters. The second kappa shape index (κ2) is 9.07. The monoisotopic (exact) mass is 367 g/mol. The molecule has 142 valence electrons. The molecule has 3 rings (SSSR count). The Hall–Kier alpha value is -3.02. The summed E-state index contributed by atoms with van der Waals surface area (Å²) in [7, 11) is 0. The molecule has 0 bridgehead atoms. The number of aliphatic imine (C=N–C) groups is 1. The van der Waals surface area contributed by atoms with E-state index in [4.69, 9.17) is 15.2 Å². The average molecular weight is 367 g/mol. The van der Waals surface area contributed by atoms with Gasteiger partial charge in [0.05, 0.1) is 19.1 Å². The van der Waals surface area contributed by atoms with E-state index in [0.29, 0.717) is 19.6 Å². The number of carbonyl (C=O) groups excluding carboxylic acids is 1. The van der Waals surface area contributed by atoms with Crippen LogP contribution in [0.2, 0.25) is 0 Å². The van der Waals surface area contributed by atoms with Crippen molar-refractivity contribution in [2.45, 2.75) is 32.2 Å². The van der Waals surface area contributed by atoms with Crippen LogP contribution < -0.4 is 15.8 Å². The van der Waals surface area contributed by atoms with Crippen LogP contribution in [0.4, 0.5) is 5.69 Å². The first-order chi connectivity index (χ1) is 13.1. The molecular weight excluding hydrogens is 342 g/mol. The van der Waals surface area contributed by atoms with Crippen LogP contribution in [0.5, 0.6) is 5.75 Å². The number of ether oxygens (including phenoxy) is 2. The van der Waals surface area contributed by atoms with Gasteiger partial charge in [-0.25, -0.2) is 4.99 Å².